The molecule has 0 saturated carbocycles. The Morgan fingerprint density at radius 2 is 1.54 bits per heavy atom. The van der Waals surface area contributed by atoms with E-state index >= 15 is 0 Å². The topological polar surface area (TPSA) is 49.9 Å². The standard InChI is InChI=1S/C22H19NO2S/c1-16-6-11-21(12-7-16)26(24,25)15-20-10-13-22(23-20)19-9-8-17-4-2-3-5-18(17)14-19/h2-14,23H,15H2,1H3. The summed E-state index contributed by atoms with van der Waals surface area (Å²) in [6, 6.07) is 25.2. The molecule has 0 aliphatic rings. The van der Waals surface area contributed by atoms with Gasteiger partial charge in [-0.15, -0.1) is 0 Å². The van der Waals surface area contributed by atoms with E-state index in [9.17, 15) is 8.42 Å². The molecule has 3 aromatic carbocycles. The van der Waals surface area contributed by atoms with Crippen LogP contribution in [0.3, 0.4) is 0 Å². The van der Waals surface area contributed by atoms with Gasteiger partial charge in [0.05, 0.1) is 10.6 Å². The van der Waals surface area contributed by atoms with Crippen molar-refractivity contribution in [1.82, 2.24) is 4.98 Å². The van der Waals surface area contributed by atoms with Crippen LogP contribution in [-0.4, -0.2) is 13.4 Å². The molecule has 0 atom stereocenters. The minimum atomic E-state index is -3.36. The lowest BCUT2D eigenvalue weighted by Gasteiger charge is -2.05. The Kier molecular flexibility index (Phi) is 4.13. The summed E-state index contributed by atoms with van der Waals surface area (Å²) in [5.74, 6) is -0.0381. The van der Waals surface area contributed by atoms with E-state index in [0.717, 1.165) is 22.2 Å². The van der Waals surface area contributed by atoms with E-state index in [1.807, 2.05) is 49.4 Å². The minimum absolute atomic E-state index is 0.0381. The molecular formula is C22H19NO2S. The molecule has 0 amide bonds. The highest BCUT2D eigenvalue weighted by molar-refractivity contribution is 7.90. The Balaban J connectivity index is 1.62. The number of aromatic nitrogens is 1. The average molecular weight is 361 g/mol. The van der Waals surface area contributed by atoms with Crippen LogP contribution in [0, 0.1) is 6.92 Å². The smallest absolute Gasteiger partial charge is 0.183 e. The van der Waals surface area contributed by atoms with Gasteiger partial charge in [0.1, 0.15) is 0 Å². The van der Waals surface area contributed by atoms with E-state index in [-0.39, 0.29) is 5.75 Å². The van der Waals surface area contributed by atoms with Crippen LogP contribution in [0.1, 0.15) is 11.3 Å². The van der Waals surface area contributed by atoms with Gasteiger partial charge in [0, 0.05) is 11.4 Å². The molecule has 3 nitrogen and oxygen atoms in total. The third-order valence-electron chi connectivity index (χ3n) is 4.53. The lowest BCUT2D eigenvalue weighted by atomic mass is 10.1. The van der Waals surface area contributed by atoms with Crippen LogP contribution >= 0.6 is 0 Å². The van der Waals surface area contributed by atoms with Crippen molar-refractivity contribution in [3.63, 3.8) is 0 Å². The molecule has 0 bridgehead atoms. The quantitative estimate of drug-likeness (QED) is 0.549. The third-order valence-corrected chi connectivity index (χ3v) is 6.21. The van der Waals surface area contributed by atoms with Crippen molar-refractivity contribution in [2.45, 2.75) is 17.6 Å². The highest BCUT2D eigenvalue weighted by Crippen LogP contribution is 2.25. The summed E-state index contributed by atoms with van der Waals surface area (Å²) < 4.78 is 25.2. The number of fused-ring (bicyclic) bond motifs is 1. The fraction of sp³-hybridized carbons (Fsp3) is 0.0909. The van der Waals surface area contributed by atoms with Crippen LogP contribution in [0.25, 0.3) is 22.0 Å². The summed E-state index contributed by atoms with van der Waals surface area (Å²) in [6.45, 7) is 1.94. The van der Waals surface area contributed by atoms with Gasteiger partial charge in [-0.1, -0.05) is 54.1 Å². The number of hydrogen-bond donors (Lipinski definition) is 1. The van der Waals surface area contributed by atoms with Crippen molar-refractivity contribution in [2.75, 3.05) is 0 Å². The van der Waals surface area contributed by atoms with Gasteiger partial charge < -0.3 is 4.98 Å². The molecule has 1 aromatic heterocycles. The van der Waals surface area contributed by atoms with Crippen LogP contribution < -0.4 is 0 Å². The lowest BCUT2D eigenvalue weighted by Crippen LogP contribution is -2.05. The van der Waals surface area contributed by atoms with Crippen molar-refractivity contribution in [3.8, 4) is 11.3 Å². The van der Waals surface area contributed by atoms with E-state index in [0.29, 0.717) is 10.6 Å². The zero-order valence-corrected chi connectivity index (χ0v) is 15.3. The van der Waals surface area contributed by atoms with Crippen LogP contribution in [0.2, 0.25) is 0 Å². The number of hydrogen-bond acceptors (Lipinski definition) is 2. The fourth-order valence-electron chi connectivity index (χ4n) is 3.08. The van der Waals surface area contributed by atoms with Crippen LogP contribution in [0.15, 0.2) is 83.8 Å². The molecule has 130 valence electrons. The van der Waals surface area contributed by atoms with Crippen LogP contribution in [0.4, 0.5) is 0 Å². The lowest BCUT2D eigenvalue weighted by molar-refractivity contribution is 0.595. The fourth-order valence-corrected chi connectivity index (χ4v) is 4.38. The van der Waals surface area contributed by atoms with E-state index in [4.69, 9.17) is 0 Å². The summed E-state index contributed by atoms with van der Waals surface area (Å²) in [7, 11) is -3.36. The van der Waals surface area contributed by atoms with Crippen molar-refractivity contribution >= 4 is 20.6 Å². The maximum atomic E-state index is 12.6. The van der Waals surface area contributed by atoms with Crippen molar-refractivity contribution in [3.05, 3.63) is 90.1 Å². The molecule has 4 heteroatoms. The Bertz CT molecular complexity index is 1170. The molecule has 1 N–H and O–H groups in total. The SMILES string of the molecule is Cc1ccc(S(=O)(=O)Cc2ccc(-c3ccc4ccccc4c3)[nH]2)cc1. The molecule has 0 radical (unpaired) electrons. The second kappa shape index (κ2) is 6.46. The molecule has 0 unspecified atom stereocenters. The average Bonchev–Trinajstić information content (AvgIpc) is 3.09. The number of nitrogens with one attached hydrogen (secondary N) is 1. The first-order chi connectivity index (χ1) is 12.5. The van der Waals surface area contributed by atoms with Crippen LogP contribution in [0.5, 0.6) is 0 Å². The summed E-state index contributed by atoms with van der Waals surface area (Å²) >= 11 is 0. The summed E-state index contributed by atoms with van der Waals surface area (Å²) in [5.41, 5.74) is 3.70. The van der Waals surface area contributed by atoms with Gasteiger partial charge in [0.25, 0.3) is 0 Å². The number of aromatic amines is 1. The Hall–Kier alpha value is -2.85. The Morgan fingerprint density at radius 1 is 0.808 bits per heavy atom. The van der Waals surface area contributed by atoms with Crippen LogP contribution in [-0.2, 0) is 15.6 Å². The highest BCUT2D eigenvalue weighted by atomic mass is 32.2. The molecule has 0 aliphatic heterocycles. The first-order valence-corrected chi connectivity index (χ1v) is 10.1. The first kappa shape index (κ1) is 16.6. The molecule has 4 rings (SSSR count). The highest BCUT2D eigenvalue weighted by Gasteiger charge is 2.16. The van der Waals surface area contributed by atoms with Crippen molar-refractivity contribution < 1.29 is 8.42 Å². The van der Waals surface area contributed by atoms with Gasteiger partial charge in [-0.2, -0.15) is 0 Å². The zero-order chi connectivity index (χ0) is 18.1. The van der Waals surface area contributed by atoms with E-state index in [2.05, 4.69) is 29.2 Å². The second-order valence-corrected chi connectivity index (χ2v) is 8.52. The van der Waals surface area contributed by atoms with Crippen molar-refractivity contribution in [2.24, 2.45) is 0 Å². The summed E-state index contributed by atoms with van der Waals surface area (Å²) in [4.78, 5) is 3.60. The Labute approximate surface area is 153 Å². The molecule has 0 spiro atoms. The summed E-state index contributed by atoms with van der Waals surface area (Å²) in [5, 5.41) is 2.35. The molecule has 26 heavy (non-hydrogen) atoms. The number of rotatable bonds is 4. The molecule has 1 heterocycles. The van der Waals surface area contributed by atoms with Gasteiger partial charge in [-0.05, 0) is 53.6 Å². The normalized spacial score (nSPS) is 11.7. The van der Waals surface area contributed by atoms with Gasteiger partial charge in [-0.25, -0.2) is 8.42 Å². The minimum Gasteiger partial charge on any atom is -0.358 e. The Morgan fingerprint density at radius 3 is 2.31 bits per heavy atom. The number of sulfone groups is 1. The molecule has 0 saturated heterocycles. The van der Waals surface area contributed by atoms with E-state index < -0.39 is 9.84 Å². The zero-order valence-electron chi connectivity index (χ0n) is 14.4. The van der Waals surface area contributed by atoms with E-state index in [1.165, 1.54) is 5.39 Å². The molecule has 0 fully saturated rings. The molecule has 4 aromatic rings. The maximum absolute atomic E-state index is 12.6. The van der Waals surface area contributed by atoms with Gasteiger partial charge in [0.15, 0.2) is 9.84 Å². The van der Waals surface area contributed by atoms with Gasteiger partial charge in [0.2, 0.25) is 0 Å². The predicted molar refractivity (Wildman–Crippen MR) is 106 cm³/mol. The van der Waals surface area contributed by atoms with E-state index in [1.54, 1.807) is 12.1 Å². The largest absolute Gasteiger partial charge is 0.358 e. The first-order valence-electron chi connectivity index (χ1n) is 8.48. The van der Waals surface area contributed by atoms with Gasteiger partial charge in [-0.3, -0.25) is 0 Å². The van der Waals surface area contributed by atoms with Crippen molar-refractivity contribution in [1.29, 1.82) is 0 Å². The summed E-state index contributed by atoms with van der Waals surface area (Å²) in [6.07, 6.45) is 0. The number of H-pyrrole nitrogens is 1. The molecular weight excluding hydrogens is 342 g/mol. The van der Waals surface area contributed by atoms with Gasteiger partial charge >= 0.3 is 0 Å². The monoisotopic (exact) mass is 361 g/mol. The predicted octanol–water partition coefficient (Wildman–Crippen LogP) is 5.12. The number of benzene rings is 3. The molecule has 0 aliphatic carbocycles. The number of aryl methyl sites for hydroxylation is 1. The maximum Gasteiger partial charge on any atom is 0.183 e. The third kappa shape index (κ3) is 3.28. The second-order valence-electron chi connectivity index (χ2n) is 6.53.